The van der Waals surface area contributed by atoms with Crippen LogP contribution in [0.1, 0.15) is 39.0 Å². The van der Waals surface area contributed by atoms with Gasteiger partial charge < -0.3 is 15.8 Å². The Morgan fingerprint density at radius 3 is 2.87 bits per heavy atom. The molecule has 2 rings (SSSR count). The molecule has 1 saturated heterocycles. The zero-order chi connectivity index (χ0) is 10.7. The maximum absolute atomic E-state index is 5.90. The number of hydrogen-bond donors (Lipinski definition) is 2. The topological polar surface area (TPSA) is 47.3 Å². The minimum Gasteiger partial charge on any atom is -0.378 e. The first-order valence-corrected chi connectivity index (χ1v) is 6.40. The van der Waals surface area contributed by atoms with Crippen molar-refractivity contribution in [2.75, 3.05) is 13.2 Å². The molecule has 0 bridgehead atoms. The second-order valence-electron chi connectivity index (χ2n) is 5.04. The van der Waals surface area contributed by atoms with Crippen molar-refractivity contribution < 1.29 is 4.74 Å². The minimum absolute atomic E-state index is 0.435. The summed E-state index contributed by atoms with van der Waals surface area (Å²) in [5.41, 5.74) is 5.90. The molecule has 0 aromatic carbocycles. The fourth-order valence-corrected chi connectivity index (χ4v) is 2.90. The summed E-state index contributed by atoms with van der Waals surface area (Å²) < 4.78 is 5.69. The van der Waals surface area contributed by atoms with E-state index in [1.54, 1.807) is 0 Å². The van der Waals surface area contributed by atoms with E-state index in [-0.39, 0.29) is 0 Å². The zero-order valence-electron chi connectivity index (χ0n) is 9.74. The average molecular weight is 212 g/mol. The summed E-state index contributed by atoms with van der Waals surface area (Å²) in [7, 11) is 0. The Balaban J connectivity index is 1.68. The van der Waals surface area contributed by atoms with Crippen molar-refractivity contribution in [3.05, 3.63) is 0 Å². The molecule has 1 aliphatic carbocycles. The molecule has 1 heterocycles. The predicted molar refractivity (Wildman–Crippen MR) is 61.8 cm³/mol. The van der Waals surface area contributed by atoms with E-state index in [9.17, 15) is 0 Å². The van der Waals surface area contributed by atoms with Crippen LogP contribution in [-0.4, -0.2) is 31.3 Å². The van der Waals surface area contributed by atoms with Crippen LogP contribution >= 0.6 is 0 Å². The molecule has 0 radical (unpaired) electrons. The van der Waals surface area contributed by atoms with E-state index in [0.717, 1.165) is 31.9 Å². The number of hydrogen-bond acceptors (Lipinski definition) is 3. The fourth-order valence-electron chi connectivity index (χ4n) is 2.90. The largest absolute Gasteiger partial charge is 0.378 e. The molecule has 0 aromatic rings. The number of rotatable bonds is 4. The van der Waals surface area contributed by atoms with Gasteiger partial charge in [-0.05, 0) is 38.0 Å². The van der Waals surface area contributed by atoms with Gasteiger partial charge in [-0.15, -0.1) is 0 Å². The van der Waals surface area contributed by atoms with E-state index in [0.29, 0.717) is 18.2 Å². The van der Waals surface area contributed by atoms with E-state index in [1.165, 1.54) is 19.3 Å². The van der Waals surface area contributed by atoms with Gasteiger partial charge in [0.25, 0.3) is 0 Å². The van der Waals surface area contributed by atoms with E-state index >= 15 is 0 Å². The van der Waals surface area contributed by atoms with Gasteiger partial charge >= 0.3 is 0 Å². The SMILES string of the molecule is CCC1OCCC1CNC1CCC(N)C1. The van der Waals surface area contributed by atoms with Crippen molar-refractivity contribution in [2.45, 2.75) is 57.2 Å². The van der Waals surface area contributed by atoms with Crippen LogP contribution in [0.5, 0.6) is 0 Å². The van der Waals surface area contributed by atoms with Crippen LogP contribution in [0.3, 0.4) is 0 Å². The Hall–Kier alpha value is -0.120. The molecule has 0 amide bonds. The monoisotopic (exact) mass is 212 g/mol. The highest BCUT2D eigenvalue weighted by molar-refractivity contribution is 4.85. The molecule has 3 heteroatoms. The van der Waals surface area contributed by atoms with Gasteiger partial charge in [0.2, 0.25) is 0 Å². The molecule has 1 saturated carbocycles. The highest BCUT2D eigenvalue weighted by Crippen LogP contribution is 2.24. The third-order valence-electron chi connectivity index (χ3n) is 3.89. The van der Waals surface area contributed by atoms with Crippen molar-refractivity contribution in [1.29, 1.82) is 0 Å². The molecule has 3 nitrogen and oxygen atoms in total. The van der Waals surface area contributed by atoms with Crippen LogP contribution in [0.15, 0.2) is 0 Å². The van der Waals surface area contributed by atoms with Gasteiger partial charge in [-0.3, -0.25) is 0 Å². The van der Waals surface area contributed by atoms with E-state index in [4.69, 9.17) is 10.5 Å². The van der Waals surface area contributed by atoms with Gasteiger partial charge in [-0.2, -0.15) is 0 Å². The lowest BCUT2D eigenvalue weighted by atomic mass is 9.99. The summed E-state index contributed by atoms with van der Waals surface area (Å²) in [5, 5.41) is 3.66. The number of ether oxygens (including phenoxy) is 1. The lowest BCUT2D eigenvalue weighted by molar-refractivity contribution is 0.0866. The summed E-state index contributed by atoms with van der Waals surface area (Å²) >= 11 is 0. The van der Waals surface area contributed by atoms with Gasteiger partial charge in [-0.1, -0.05) is 6.92 Å². The second kappa shape index (κ2) is 5.28. The molecule has 2 aliphatic rings. The Bertz CT molecular complexity index is 198. The van der Waals surface area contributed by atoms with Crippen molar-refractivity contribution in [3.63, 3.8) is 0 Å². The number of nitrogens with one attached hydrogen (secondary N) is 1. The smallest absolute Gasteiger partial charge is 0.0613 e. The highest BCUT2D eigenvalue weighted by atomic mass is 16.5. The van der Waals surface area contributed by atoms with Crippen LogP contribution in [-0.2, 0) is 4.74 Å². The maximum Gasteiger partial charge on any atom is 0.0613 e. The summed E-state index contributed by atoms with van der Waals surface area (Å²) in [6.07, 6.45) is 6.47. The van der Waals surface area contributed by atoms with Crippen LogP contribution in [0.4, 0.5) is 0 Å². The molecular formula is C12H24N2O. The van der Waals surface area contributed by atoms with Gasteiger partial charge in [0.15, 0.2) is 0 Å². The van der Waals surface area contributed by atoms with Crippen molar-refractivity contribution in [2.24, 2.45) is 11.7 Å². The summed E-state index contributed by atoms with van der Waals surface area (Å²) in [6.45, 7) is 4.29. The van der Waals surface area contributed by atoms with Crippen molar-refractivity contribution in [1.82, 2.24) is 5.32 Å². The molecule has 0 aromatic heterocycles. The standard InChI is InChI=1S/C12H24N2O/c1-2-12-9(5-6-15-12)8-14-11-4-3-10(13)7-11/h9-12,14H,2-8,13H2,1H3. The lowest BCUT2D eigenvalue weighted by Gasteiger charge is -2.20. The van der Waals surface area contributed by atoms with Crippen molar-refractivity contribution >= 4 is 0 Å². The second-order valence-corrected chi connectivity index (χ2v) is 5.04. The van der Waals surface area contributed by atoms with E-state index in [1.807, 2.05) is 0 Å². The van der Waals surface area contributed by atoms with Crippen LogP contribution in [0, 0.1) is 5.92 Å². The zero-order valence-corrected chi connectivity index (χ0v) is 9.74. The van der Waals surface area contributed by atoms with Crippen molar-refractivity contribution in [3.8, 4) is 0 Å². The molecule has 3 N–H and O–H groups in total. The van der Waals surface area contributed by atoms with E-state index in [2.05, 4.69) is 12.2 Å². The van der Waals surface area contributed by atoms with Gasteiger partial charge in [-0.25, -0.2) is 0 Å². The molecule has 4 unspecified atom stereocenters. The quantitative estimate of drug-likeness (QED) is 0.738. The predicted octanol–water partition coefficient (Wildman–Crippen LogP) is 1.27. The molecule has 4 atom stereocenters. The first-order chi connectivity index (χ1) is 7.29. The normalized spacial score (nSPS) is 41.2. The Morgan fingerprint density at radius 2 is 2.20 bits per heavy atom. The Kier molecular flexibility index (Phi) is 4.00. The average Bonchev–Trinajstić information content (AvgIpc) is 2.83. The third-order valence-corrected chi connectivity index (χ3v) is 3.89. The summed E-state index contributed by atoms with van der Waals surface area (Å²) in [4.78, 5) is 0. The molecule has 0 spiro atoms. The van der Waals surface area contributed by atoms with Crippen LogP contribution in [0.25, 0.3) is 0 Å². The number of nitrogens with two attached hydrogens (primary N) is 1. The van der Waals surface area contributed by atoms with Gasteiger partial charge in [0.1, 0.15) is 0 Å². The summed E-state index contributed by atoms with van der Waals surface area (Å²) in [6, 6.07) is 1.10. The first-order valence-electron chi connectivity index (χ1n) is 6.40. The van der Waals surface area contributed by atoms with Gasteiger partial charge in [0, 0.05) is 25.2 Å². The van der Waals surface area contributed by atoms with Gasteiger partial charge in [0.05, 0.1) is 6.10 Å². The fraction of sp³-hybridized carbons (Fsp3) is 1.00. The molecule has 1 aliphatic heterocycles. The third kappa shape index (κ3) is 2.92. The maximum atomic E-state index is 5.90. The van der Waals surface area contributed by atoms with Crippen LogP contribution in [0.2, 0.25) is 0 Å². The molecule has 2 fully saturated rings. The molecule has 88 valence electrons. The Labute approximate surface area is 92.7 Å². The van der Waals surface area contributed by atoms with Crippen LogP contribution < -0.4 is 11.1 Å². The highest BCUT2D eigenvalue weighted by Gasteiger charge is 2.28. The first kappa shape index (κ1) is 11.4. The van der Waals surface area contributed by atoms with E-state index < -0.39 is 0 Å². The molecule has 15 heavy (non-hydrogen) atoms. The lowest BCUT2D eigenvalue weighted by Crippen LogP contribution is -2.35. The molecular weight excluding hydrogens is 188 g/mol. The summed E-state index contributed by atoms with van der Waals surface area (Å²) in [5.74, 6) is 0.729. The Morgan fingerprint density at radius 1 is 1.33 bits per heavy atom. The minimum atomic E-state index is 0.435.